The fourth-order valence-electron chi connectivity index (χ4n) is 1.42. The Morgan fingerprint density at radius 1 is 1.22 bits per heavy atom. The Morgan fingerprint density at radius 3 is 2.33 bits per heavy atom. The third-order valence-corrected chi connectivity index (χ3v) is 3.28. The van der Waals surface area contributed by atoms with Crippen molar-refractivity contribution < 1.29 is 4.79 Å². The maximum Gasteiger partial charge on any atom is 0.225 e. The van der Waals surface area contributed by atoms with Gasteiger partial charge < -0.3 is 10.6 Å². The van der Waals surface area contributed by atoms with Gasteiger partial charge in [-0.3, -0.25) is 4.79 Å². The van der Waals surface area contributed by atoms with Gasteiger partial charge in [-0.1, -0.05) is 20.8 Å². The predicted octanol–water partition coefficient (Wildman–Crippen LogP) is 3.13. The maximum absolute atomic E-state index is 11.5. The minimum absolute atomic E-state index is 0.0422. The second-order valence-corrected chi connectivity index (χ2v) is 7.04. The van der Waals surface area contributed by atoms with Gasteiger partial charge >= 0.3 is 0 Å². The van der Waals surface area contributed by atoms with Gasteiger partial charge in [0, 0.05) is 28.3 Å². The van der Waals surface area contributed by atoms with E-state index in [0.717, 1.165) is 5.69 Å². The standard InChI is InChI=1S/C14H22N2OS/c1-14(2,3)18-12-7-5-11(6-8-12)16-13(17)9-10-15-4/h5-8,15H,9-10H2,1-4H3,(H,16,17). The zero-order valence-corrected chi connectivity index (χ0v) is 12.4. The molecule has 1 amide bonds. The van der Waals surface area contributed by atoms with Crippen LogP contribution >= 0.6 is 11.8 Å². The number of amides is 1. The number of rotatable bonds is 5. The lowest BCUT2D eigenvalue weighted by Gasteiger charge is -2.17. The molecule has 0 aliphatic rings. The largest absolute Gasteiger partial charge is 0.326 e. The maximum atomic E-state index is 11.5. The van der Waals surface area contributed by atoms with Crippen molar-refractivity contribution in [3.8, 4) is 0 Å². The average Bonchev–Trinajstić information content (AvgIpc) is 2.27. The Kier molecular flexibility index (Phi) is 5.69. The summed E-state index contributed by atoms with van der Waals surface area (Å²) in [4.78, 5) is 12.7. The van der Waals surface area contributed by atoms with Gasteiger partial charge in [-0.25, -0.2) is 0 Å². The number of hydrogen-bond acceptors (Lipinski definition) is 3. The van der Waals surface area contributed by atoms with Crippen LogP contribution < -0.4 is 10.6 Å². The second kappa shape index (κ2) is 6.81. The smallest absolute Gasteiger partial charge is 0.225 e. The van der Waals surface area contributed by atoms with Crippen LogP contribution in [0.4, 0.5) is 5.69 Å². The summed E-state index contributed by atoms with van der Waals surface area (Å²) in [5.74, 6) is 0.0422. The molecule has 3 nitrogen and oxygen atoms in total. The molecule has 0 unspecified atom stereocenters. The number of nitrogens with one attached hydrogen (secondary N) is 2. The van der Waals surface area contributed by atoms with E-state index in [-0.39, 0.29) is 10.7 Å². The molecule has 0 aliphatic heterocycles. The van der Waals surface area contributed by atoms with Crippen LogP contribution in [0, 0.1) is 0 Å². The molecule has 0 saturated carbocycles. The summed E-state index contributed by atoms with van der Waals surface area (Å²) in [6.07, 6.45) is 0.495. The zero-order valence-electron chi connectivity index (χ0n) is 11.5. The summed E-state index contributed by atoms with van der Waals surface area (Å²) in [5, 5.41) is 5.83. The van der Waals surface area contributed by atoms with Crippen LogP contribution in [0.1, 0.15) is 27.2 Å². The summed E-state index contributed by atoms with van der Waals surface area (Å²) in [5.41, 5.74) is 0.856. The minimum atomic E-state index is 0.0422. The molecule has 0 fully saturated rings. The van der Waals surface area contributed by atoms with Gasteiger partial charge in [0.25, 0.3) is 0 Å². The van der Waals surface area contributed by atoms with Crippen LogP contribution in [0.15, 0.2) is 29.2 Å². The average molecular weight is 266 g/mol. The molecule has 0 radical (unpaired) electrons. The summed E-state index contributed by atoms with van der Waals surface area (Å²) in [6, 6.07) is 7.99. The van der Waals surface area contributed by atoms with Gasteiger partial charge in [-0.15, -0.1) is 11.8 Å². The summed E-state index contributed by atoms with van der Waals surface area (Å²) in [7, 11) is 1.84. The monoisotopic (exact) mass is 266 g/mol. The molecule has 18 heavy (non-hydrogen) atoms. The lowest BCUT2D eigenvalue weighted by Crippen LogP contribution is -2.18. The number of hydrogen-bond donors (Lipinski definition) is 2. The molecule has 1 rings (SSSR count). The molecule has 1 aromatic rings. The van der Waals surface area contributed by atoms with Gasteiger partial charge in [-0.2, -0.15) is 0 Å². The van der Waals surface area contributed by atoms with Crippen molar-refractivity contribution in [1.29, 1.82) is 0 Å². The van der Waals surface area contributed by atoms with Crippen molar-refractivity contribution in [3.63, 3.8) is 0 Å². The normalized spacial score (nSPS) is 11.3. The van der Waals surface area contributed by atoms with E-state index in [9.17, 15) is 4.79 Å². The van der Waals surface area contributed by atoms with E-state index in [0.29, 0.717) is 13.0 Å². The molecular weight excluding hydrogens is 244 g/mol. The Labute approximate surface area is 114 Å². The van der Waals surface area contributed by atoms with E-state index in [2.05, 4.69) is 31.4 Å². The molecule has 0 aliphatic carbocycles. The molecule has 0 atom stereocenters. The first-order valence-electron chi connectivity index (χ1n) is 6.14. The van der Waals surface area contributed by atoms with Gasteiger partial charge in [0.1, 0.15) is 0 Å². The highest BCUT2D eigenvalue weighted by molar-refractivity contribution is 8.00. The van der Waals surface area contributed by atoms with Gasteiger partial charge in [0.15, 0.2) is 0 Å². The fraction of sp³-hybridized carbons (Fsp3) is 0.500. The van der Waals surface area contributed by atoms with Crippen molar-refractivity contribution in [2.45, 2.75) is 36.8 Å². The van der Waals surface area contributed by atoms with Crippen LogP contribution in [0.3, 0.4) is 0 Å². The Hall–Kier alpha value is -1.00. The Morgan fingerprint density at radius 2 is 1.83 bits per heavy atom. The van der Waals surface area contributed by atoms with Crippen LogP contribution in [-0.4, -0.2) is 24.2 Å². The van der Waals surface area contributed by atoms with Gasteiger partial charge in [-0.05, 0) is 31.3 Å². The molecule has 4 heteroatoms. The lowest BCUT2D eigenvalue weighted by molar-refractivity contribution is -0.116. The number of thioether (sulfide) groups is 1. The van der Waals surface area contributed by atoms with Crippen LogP contribution in [0.2, 0.25) is 0 Å². The van der Waals surface area contributed by atoms with E-state index >= 15 is 0 Å². The highest BCUT2D eigenvalue weighted by atomic mass is 32.2. The molecule has 2 N–H and O–H groups in total. The van der Waals surface area contributed by atoms with E-state index in [1.165, 1.54) is 4.90 Å². The van der Waals surface area contributed by atoms with Crippen LogP contribution in [-0.2, 0) is 4.79 Å². The van der Waals surface area contributed by atoms with E-state index in [1.807, 2.05) is 43.1 Å². The highest BCUT2D eigenvalue weighted by Gasteiger charge is 2.11. The van der Waals surface area contributed by atoms with Crippen molar-refractivity contribution in [2.75, 3.05) is 18.9 Å². The molecule has 100 valence electrons. The number of carbonyl (C=O) groups is 1. The minimum Gasteiger partial charge on any atom is -0.326 e. The van der Waals surface area contributed by atoms with Crippen molar-refractivity contribution >= 4 is 23.4 Å². The predicted molar refractivity (Wildman–Crippen MR) is 79.2 cm³/mol. The molecule has 0 bridgehead atoms. The quantitative estimate of drug-likeness (QED) is 0.805. The third-order valence-electron chi connectivity index (χ3n) is 2.16. The molecule has 1 aromatic carbocycles. The summed E-state index contributed by atoms with van der Waals surface area (Å²) < 4.78 is 0.206. The number of anilines is 1. The highest BCUT2D eigenvalue weighted by Crippen LogP contribution is 2.32. The first kappa shape index (κ1) is 15.1. The molecule has 0 spiro atoms. The number of carbonyl (C=O) groups excluding carboxylic acids is 1. The van der Waals surface area contributed by atoms with Crippen molar-refractivity contribution in [3.05, 3.63) is 24.3 Å². The molecule has 0 heterocycles. The first-order chi connectivity index (χ1) is 8.40. The summed E-state index contributed by atoms with van der Waals surface area (Å²) >= 11 is 1.82. The Balaban J connectivity index is 2.52. The topological polar surface area (TPSA) is 41.1 Å². The third kappa shape index (κ3) is 6.07. The first-order valence-corrected chi connectivity index (χ1v) is 6.96. The molecule has 0 aromatic heterocycles. The SMILES string of the molecule is CNCCC(=O)Nc1ccc(SC(C)(C)C)cc1. The molecule has 0 saturated heterocycles. The lowest BCUT2D eigenvalue weighted by atomic mass is 10.3. The van der Waals surface area contributed by atoms with Crippen molar-refractivity contribution in [1.82, 2.24) is 5.32 Å². The van der Waals surface area contributed by atoms with Gasteiger partial charge in [0.05, 0.1) is 0 Å². The van der Waals surface area contributed by atoms with E-state index in [4.69, 9.17) is 0 Å². The zero-order chi connectivity index (χ0) is 13.6. The second-order valence-electron chi connectivity index (χ2n) is 5.14. The number of benzene rings is 1. The Bertz CT molecular complexity index is 382. The van der Waals surface area contributed by atoms with Crippen molar-refractivity contribution in [2.24, 2.45) is 0 Å². The summed E-state index contributed by atoms with van der Waals surface area (Å²) in [6.45, 7) is 7.26. The van der Waals surface area contributed by atoms with E-state index in [1.54, 1.807) is 0 Å². The molecular formula is C14H22N2OS. The van der Waals surface area contributed by atoms with Gasteiger partial charge in [0.2, 0.25) is 5.91 Å². The van der Waals surface area contributed by atoms with Crippen LogP contribution in [0.25, 0.3) is 0 Å². The van der Waals surface area contributed by atoms with E-state index < -0.39 is 0 Å². The van der Waals surface area contributed by atoms with Crippen LogP contribution in [0.5, 0.6) is 0 Å². The fourth-order valence-corrected chi connectivity index (χ4v) is 2.40.